The molecular weight excluding hydrogens is 338 g/mol. The highest BCUT2D eigenvalue weighted by Gasteiger charge is 2.40. The number of hydrogen-bond donors (Lipinski definition) is 1. The van der Waals surface area contributed by atoms with Gasteiger partial charge in [0.25, 0.3) is 0 Å². The number of aryl methyl sites for hydroxylation is 1. The molecule has 1 aromatic carbocycles. The number of nitrogens with one attached hydrogen (secondary N) is 1. The molecule has 0 spiro atoms. The maximum Gasteiger partial charge on any atom is 0.220 e. The molecule has 138 valence electrons. The molecule has 27 heavy (non-hydrogen) atoms. The molecule has 2 atom stereocenters. The average molecular weight is 361 g/mol. The first-order chi connectivity index (χ1) is 13.2. The zero-order chi connectivity index (χ0) is 18.7. The van der Waals surface area contributed by atoms with Crippen molar-refractivity contribution in [3.63, 3.8) is 0 Å². The maximum absolute atomic E-state index is 12.7. The van der Waals surface area contributed by atoms with Gasteiger partial charge >= 0.3 is 0 Å². The van der Waals surface area contributed by atoms with Crippen LogP contribution in [0.2, 0.25) is 0 Å². The number of nitrogens with zero attached hydrogens (tertiary/aromatic N) is 4. The summed E-state index contributed by atoms with van der Waals surface area (Å²) in [5.74, 6) is 2.65. The molecule has 1 aliphatic heterocycles. The van der Waals surface area contributed by atoms with Crippen LogP contribution in [-0.4, -0.2) is 21.1 Å². The first-order valence-electron chi connectivity index (χ1n) is 9.43. The molecule has 0 saturated heterocycles. The number of fused-ring (bicyclic) bond motifs is 1. The van der Waals surface area contributed by atoms with Gasteiger partial charge in [-0.1, -0.05) is 24.3 Å². The van der Waals surface area contributed by atoms with E-state index in [9.17, 15) is 4.79 Å². The van der Waals surface area contributed by atoms with Gasteiger partial charge in [0.2, 0.25) is 5.91 Å². The molecule has 6 heteroatoms. The van der Waals surface area contributed by atoms with Gasteiger partial charge in [-0.15, -0.1) is 12.3 Å². The lowest BCUT2D eigenvalue weighted by Crippen LogP contribution is -2.37. The monoisotopic (exact) mass is 361 g/mol. The van der Waals surface area contributed by atoms with Gasteiger partial charge in [-0.2, -0.15) is 10.2 Å². The van der Waals surface area contributed by atoms with E-state index in [1.54, 1.807) is 6.20 Å². The predicted molar refractivity (Wildman–Crippen MR) is 102 cm³/mol. The number of carbonyl (C=O) groups is 1. The molecule has 1 aromatic heterocycles. The van der Waals surface area contributed by atoms with E-state index in [4.69, 9.17) is 6.42 Å². The Kier molecular flexibility index (Phi) is 4.76. The lowest BCUT2D eigenvalue weighted by atomic mass is 9.83. The number of benzene rings is 1. The first kappa shape index (κ1) is 17.5. The third kappa shape index (κ3) is 3.77. The van der Waals surface area contributed by atoms with Crippen LogP contribution in [-0.2, 0) is 11.2 Å². The molecule has 2 unspecified atom stereocenters. The fourth-order valence-electron chi connectivity index (χ4n) is 3.93. The molecular formula is C21H23N5O. The van der Waals surface area contributed by atoms with Crippen LogP contribution in [0.1, 0.15) is 55.3 Å². The number of hydrogen-bond acceptors (Lipinski definition) is 4. The van der Waals surface area contributed by atoms with E-state index in [2.05, 4.69) is 49.2 Å². The summed E-state index contributed by atoms with van der Waals surface area (Å²) < 4.78 is 2.10. The number of imidazole rings is 1. The molecule has 0 saturated carbocycles. The van der Waals surface area contributed by atoms with E-state index >= 15 is 0 Å². The largest absolute Gasteiger partial charge is 0.347 e. The maximum atomic E-state index is 12.7. The summed E-state index contributed by atoms with van der Waals surface area (Å²) >= 11 is 0. The Balaban J connectivity index is 1.46. The van der Waals surface area contributed by atoms with Crippen molar-refractivity contribution in [1.82, 2.24) is 14.9 Å². The van der Waals surface area contributed by atoms with Gasteiger partial charge in [0.15, 0.2) is 5.66 Å². The summed E-state index contributed by atoms with van der Waals surface area (Å²) in [5.41, 5.74) is 2.08. The van der Waals surface area contributed by atoms with Crippen molar-refractivity contribution in [2.75, 3.05) is 0 Å². The van der Waals surface area contributed by atoms with E-state index in [-0.39, 0.29) is 18.0 Å². The fourth-order valence-corrected chi connectivity index (χ4v) is 3.93. The number of carbonyl (C=O) groups excluding carboxylic acids is 1. The Bertz CT molecular complexity index is 874. The summed E-state index contributed by atoms with van der Waals surface area (Å²) in [6, 6.07) is 8.45. The van der Waals surface area contributed by atoms with Crippen LogP contribution in [0.25, 0.3) is 0 Å². The van der Waals surface area contributed by atoms with Crippen molar-refractivity contribution < 1.29 is 4.79 Å². The molecule has 0 fully saturated rings. The number of rotatable bonds is 7. The highest BCUT2D eigenvalue weighted by atomic mass is 16.1. The molecule has 2 aliphatic rings. The van der Waals surface area contributed by atoms with Crippen molar-refractivity contribution in [3.8, 4) is 12.3 Å². The third-order valence-electron chi connectivity index (χ3n) is 5.51. The minimum atomic E-state index is -0.419. The number of terminal acetylenes is 1. The van der Waals surface area contributed by atoms with Gasteiger partial charge in [-0.25, -0.2) is 4.98 Å². The summed E-state index contributed by atoms with van der Waals surface area (Å²) in [6.07, 6.45) is 15.2. The Morgan fingerprint density at radius 3 is 2.93 bits per heavy atom. The molecule has 4 rings (SSSR count). The Hall–Kier alpha value is -2.94. The van der Waals surface area contributed by atoms with Crippen molar-refractivity contribution >= 4 is 5.91 Å². The smallest absolute Gasteiger partial charge is 0.220 e. The second-order valence-corrected chi connectivity index (χ2v) is 7.25. The molecule has 6 nitrogen and oxygen atoms in total. The summed E-state index contributed by atoms with van der Waals surface area (Å²) in [7, 11) is 0. The number of aromatic nitrogens is 2. The third-order valence-corrected chi connectivity index (χ3v) is 5.51. The van der Waals surface area contributed by atoms with E-state index in [1.165, 1.54) is 11.1 Å². The van der Waals surface area contributed by atoms with Gasteiger partial charge in [0.1, 0.15) is 0 Å². The highest BCUT2D eigenvalue weighted by Crippen LogP contribution is 2.39. The Labute approximate surface area is 159 Å². The van der Waals surface area contributed by atoms with Crippen LogP contribution in [0.15, 0.2) is 53.2 Å². The Morgan fingerprint density at radius 1 is 1.33 bits per heavy atom. The first-order valence-corrected chi connectivity index (χ1v) is 9.43. The Morgan fingerprint density at radius 2 is 2.19 bits per heavy atom. The molecule has 0 bridgehead atoms. The summed E-state index contributed by atoms with van der Waals surface area (Å²) in [4.78, 5) is 16.9. The standard InChI is InChI=1S/C21H23N5O/c1-2-3-11-21(24-25-21)12-10-19(27)23-20-17-7-5-4-6-16(17)8-9-18(20)26-14-13-22-15-26/h1,4-7,13-15,18,20H,3,8-12H2,(H,23,27). The molecule has 2 heterocycles. The van der Waals surface area contributed by atoms with Crippen molar-refractivity contribution in [2.24, 2.45) is 10.2 Å². The van der Waals surface area contributed by atoms with E-state index < -0.39 is 5.66 Å². The lowest BCUT2D eigenvalue weighted by molar-refractivity contribution is -0.122. The van der Waals surface area contributed by atoms with Crippen LogP contribution in [0.3, 0.4) is 0 Å². The molecule has 1 N–H and O–H groups in total. The van der Waals surface area contributed by atoms with Crippen LogP contribution >= 0.6 is 0 Å². The van der Waals surface area contributed by atoms with E-state index in [0.717, 1.165) is 19.3 Å². The van der Waals surface area contributed by atoms with Gasteiger partial charge in [0.05, 0.1) is 18.4 Å². The normalized spacial score (nSPS) is 21.9. The molecule has 1 amide bonds. The van der Waals surface area contributed by atoms with Crippen LogP contribution in [0, 0.1) is 12.3 Å². The van der Waals surface area contributed by atoms with Gasteiger partial charge in [-0.3, -0.25) is 4.79 Å². The van der Waals surface area contributed by atoms with Crippen LogP contribution < -0.4 is 5.32 Å². The van der Waals surface area contributed by atoms with Crippen LogP contribution in [0.5, 0.6) is 0 Å². The van der Waals surface area contributed by atoms with E-state index in [0.29, 0.717) is 19.3 Å². The van der Waals surface area contributed by atoms with Crippen molar-refractivity contribution in [1.29, 1.82) is 0 Å². The van der Waals surface area contributed by atoms with Crippen molar-refractivity contribution in [3.05, 3.63) is 54.1 Å². The van der Waals surface area contributed by atoms with Crippen LogP contribution in [0.4, 0.5) is 0 Å². The second kappa shape index (κ2) is 7.36. The fraction of sp³-hybridized carbons (Fsp3) is 0.429. The quantitative estimate of drug-likeness (QED) is 0.766. The average Bonchev–Trinajstić information content (AvgIpc) is 3.26. The zero-order valence-electron chi connectivity index (χ0n) is 15.2. The summed E-state index contributed by atoms with van der Waals surface area (Å²) in [6.45, 7) is 0. The highest BCUT2D eigenvalue weighted by molar-refractivity contribution is 5.76. The minimum Gasteiger partial charge on any atom is -0.347 e. The predicted octanol–water partition coefficient (Wildman–Crippen LogP) is 3.58. The molecule has 2 aromatic rings. The lowest BCUT2D eigenvalue weighted by Gasteiger charge is -2.35. The SMILES string of the molecule is C#CCCC1(CCC(=O)NC2c3ccccc3CCC2n2ccnc2)N=N1. The van der Waals surface area contributed by atoms with Gasteiger partial charge in [-0.05, 0) is 24.0 Å². The van der Waals surface area contributed by atoms with Crippen molar-refractivity contribution in [2.45, 2.75) is 56.3 Å². The topological polar surface area (TPSA) is 71.6 Å². The van der Waals surface area contributed by atoms with Gasteiger partial charge in [0, 0.05) is 38.1 Å². The number of amides is 1. The van der Waals surface area contributed by atoms with Gasteiger partial charge < -0.3 is 9.88 Å². The minimum absolute atomic E-state index is 0.0270. The molecule has 0 radical (unpaired) electrons. The summed E-state index contributed by atoms with van der Waals surface area (Å²) in [5, 5.41) is 11.5. The van der Waals surface area contributed by atoms with E-state index in [1.807, 2.05) is 18.6 Å². The second-order valence-electron chi connectivity index (χ2n) is 7.25. The zero-order valence-corrected chi connectivity index (χ0v) is 15.2. The molecule has 1 aliphatic carbocycles.